The topological polar surface area (TPSA) is 78.4 Å². The van der Waals surface area contributed by atoms with Crippen molar-refractivity contribution in [2.24, 2.45) is 0 Å². The molecule has 7 heteroatoms. The van der Waals surface area contributed by atoms with Gasteiger partial charge in [-0.2, -0.15) is 11.8 Å². The largest absolute Gasteiger partial charge is 0.479 e. The van der Waals surface area contributed by atoms with Crippen molar-refractivity contribution >= 4 is 35.1 Å². The lowest BCUT2D eigenvalue weighted by atomic mass is 10.2. The van der Waals surface area contributed by atoms with E-state index in [1.54, 1.807) is 29.3 Å². The summed E-state index contributed by atoms with van der Waals surface area (Å²) in [4.78, 5) is 23.3. The average Bonchev–Trinajstić information content (AvgIpc) is 2.86. The average molecular weight is 288 g/mol. The third-order valence-electron chi connectivity index (χ3n) is 2.30. The van der Waals surface area contributed by atoms with Crippen molar-refractivity contribution in [3.8, 4) is 0 Å². The summed E-state index contributed by atoms with van der Waals surface area (Å²) in [7, 11) is 0. The summed E-state index contributed by atoms with van der Waals surface area (Å²) in [6.45, 7) is 2.49. The summed E-state index contributed by atoms with van der Waals surface area (Å²) < 4.78 is 0. The van der Waals surface area contributed by atoms with Crippen molar-refractivity contribution in [1.29, 1.82) is 0 Å². The van der Waals surface area contributed by atoms with Gasteiger partial charge in [0.05, 0.1) is 0 Å². The molecule has 0 aliphatic heterocycles. The van der Waals surface area contributed by atoms with Gasteiger partial charge in [0.2, 0.25) is 0 Å². The number of hydrogen-bond acceptors (Lipinski definition) is 4. The third-order valence-corrected chi connectivity index (χ3v) is 4.21. The van der Waals surface area contributed by atoms with Gasteiger partial charge in [0.25, 0.3) is 0 Å². The summed E-state index contributed by atoms with van der Waals surface area (Å²) in [5.74, 6) is -1.06. The van der Waals surface area contributed by atoms with E-state index in [1.165, 1.54) is 11.3 Å². The molecule has 1 rings (SSSR count). The molecule has 2 atom stereocenters. The van der Waals surface area contributed by atoms with E-state index in [0.717, 1.165) is 0 Å². The van der Waals surface area contributed by atoms with E-state index < -0.39 is 18.0 Å². The second kappa shape index (κ2) is 7.27. The minimum atomic E-state index is -1.06. The molecule has 2 amide bonds. The first-order valence-electron chi connectivity index (χ1n) is 5.38. The highest BCUT2D eigenvalue weighted by atomic mass is 32.2. The first-order chi connectivity index (χ1) is 8.54. The fraction of sp³-hybridized carbons (Fsp3) is 0.455. The molecule has 0 fully saturated rings. The summed E-state index contributed by atoms with van der Waals surface area (Å²) >= 11 is 2.94. The van der Waals surface area contributed by atoms with E-state index >= 15 is 0 Å². The van der Waals surface area contributed by atoms with Gasteiger partial charge in [-0.05, 0) is 17.7 Å². The minimum Gasteiger partial charge on any atom is -0.479 e. The van der Waals surface area contributed by atoms with Gasteiger partial charge >= 0.3 is 12.0 Å². The predicted octanol–water partition coefficient (Wildman–Crippen LogP) is 1.92. The highest BCUT2D eigenvalue weighted by Crippen LogP contribution is 2.18. The van der Waals surface area contributed by atoms with Gasteiger partial charge < -0.3 is 15.7 Å². The Kier molecular flexibility index (Phi) is 6.00. The molecule has 0 spiro atoms. The van der Waals surface area contributed by atoms with Crippen LogP contribution >= 0.6 is 23.1 Å². The van der Waals surface area contributed by atoms with Gasteiger partial charge in [0, 0.05) is 16.7 Å². The van der Waals surface area contributed by atoms with E-state index in [1.807, 2.05) is 13.2 Å². The van der Waals surface area contributed by atoms with Crippen LogP contribution in [0.2, 0.25) is 0 Å². The maximum Gasteiger partial charge on any atom is 0.331 e. The number of urea groups is 1. The molecule has 0 saturated heterocycles. The van der Waals surface area contributed by atoms with Crippen LogP contribution in [-0.2, 0) is 4.79 Å². The van der Waals surface area contributed by atoms with Gasteiger partial charge in [0.1, 0.15) is 0 Å². The molecule has 2 unspecified atom stereocenters. The number of carbonyl (C=O) groups excluding carboxylic acids is 1. The van der Waals surface area contributed by atoms with E-state index in [0.29, 0.717) is 16.7 Å². The van der Waals surface area contributed by atoms with Gasteiger partial charge in [-0.25, -0.2) is 9.59 Å². The molecule has 0 saturated carbocycles. The lowest BCUT2D eigenvalue weighted by molar-refractivity contribution is -0.139. The number of nitrogens with one attached hydrogen (secondary N) is 2. The standard InChI is InChI=1S/C11H16N2O3S2/c1-7(17-2)6-12-11(16)13-9(10(14)15)8-4-3-5-18-8/h3-5,7,9H,6H2,1-2H3,(H,14,15)(H2,12,13,16). The number of carboxylic acid groups (broad SMARTS) is 1. The SMILES string of the molecule is CSC(C)CNC(=O)NC(C(=O)O)c1cccs1. The Labute approximate surface area is 114 Å². The predicted molar refractivity (Wildman–Crippen MR) is 74.2 cm³/mol. The van der Waals surface area contributed by atoms with Crippen molar-refractivity contribution in [1.82, 2.24) is 10.6 Å². The summed E-state index contributed by atoms with van der Waals surface area (Å²) in [6, 6.07) is 1.99. The summed E-state index contributed by atoms with van der Waals surface area (Å²) in [6.07, 6.45) is 1.95. The number of thiophene rings is 1. The van der Waals surface area contributed by atoms with Crippen molar-refractivity contribution in [2.75, 3.05) is 12.8 Å². The Morgan fingerprint density at radius 2 is 2.28 bits per heavy atom. The summed E-state index contributed by atoms with van der Waals surface area (Å²) in [5.41, 5.74) is 0. The Balaban J connectivity index is 2.52. The third kappa shape index (κ3) is 4.58. The normalized spacial score (nSPS) is 13.7. The maximum absolute atomic E-state index is 11.6. The molecule has 3 N–H and O–H groups in total. The van der Waals surface area contributed by atoms with Crippen LogP contribution in [0.5, 0.6) is 0 Å². The molecule has 1 aromatic rings. The van der Waals surface area contributed by atoms with Crippen molar-refractivity contribution < 1.29 is 14.7 Å². The van der Waals surface area contributed by atoms with Crippen LogP contribution in [0.15, 0.2) is 17.5 Å². The van der Waals surface area contributed by atoms with E-state index in [9.17, 15) is 9.59 Å². The van der Waals surface area contributed by atoms with Gasteiger partial charge in [-0.3, -0.25) is 0 Å². The molecule has 100 valence electrons. The highest BCUT2D eigenvalue weighted by Gasteiger charge is 2.22. The molecule has 0 aliphatic rings. The van der Waals surface area contributed by atoms with Crippen molar-refractivity contribution in [3.63, 3.8) is 0 Å². The fourth-order valence-corrected chi connectivity index (χ4v) is 2.23. The Hall–Kier alpha value is -1.21. The number of rotatable bonds is 6. The van der Waals surface area contributed by atoms with E-state index in [-0.39, 0.29) is 0 Å². The lowest BCUT2D eigenvalue weighted by Gasteiger charge is -2.15. The van der Waals surface area contributed by atoms with E-state index in [2.05, 4.69) is 10.6 Å². The van der Waals surface area contributed by atoms with Gasteiger partial charge in [-0.1, -0.05) is 13.0 Å². The lowest BCUT2D eigenvalue weighted by Crippen LogP contribution is -2.42. The zero-order valence-electron chi connectivity index (χ0n) is 10.2. The molecule has 5 nitrogen and oxygen atoms in total. The van der Waals surface area contributed by atoms with Crippen LogP contribution in [0.1, 0.15) is 17.8 Å². The summed E-state index contributed by atoms with van der Waals surface area (Å²) in [5, 5.41) is 16.2. The van der Waals surface area contributed by atoms with Gasteiger partial charge in [-0.15, -0.1) is 11.3 Å². The Bertz CT molecular complexity index is 395. The van der Waals surface area contributed by atoms with Crippen molar-refractivity contribution in [2.45, 2.75) is 18.2 Å². The van der Waals surface area contributed by atoms with Crippen LogP contribution in [0.3, 0.4) is 0 Å². The molecule has 0 radical (unpaired) electrons. The molecular weight excluding hydrogens is 272 g/mol. The molecular formula is C11H16N2O3S2. The number of carbonyl (C=O) groups is 2. The quantitative estimate of drug-likeness (QED) is 0.747. The van der Waals surface area contributed by atoms with Crippen LogP contribution in [0, 0.1) is 0 Å². The molecule has 0 aliphatic carbocycles. The zero-order chi connectivity index (χ0) is 13.5. The highest BCUT2D eigenvalue weighted by molar-refractivity contribution is 7.99. The maximum atomic E-state index is 11.6. The zero-order valence-corrected chi connectivity index (χ0v) is 11.8. The number of hydrogen-bond donors (Lipinski definition) is 3. The number of thioether (sulfide) groups is 1. The molecule has 1 heterocycles. The Morgan fingerprint density at radius 3 is 2.78 bits per heavy atom. The molecule has 0 bridgehead atoms. The number of carboxylic acids is 1. The second-order valence-electron chi connectivity index (χ2n) is 3.69. The Morgan fingerprint density at radius 1 is 1.56 bits per heavy atom. The van der Waals surface area contributed by atoms with E-state index in [4.69, 9.17) is 5.11 Å². The first kappa shape index (κ1) is 14.8. The van der Waals surface area contributed by atoms with Crippen LogP contribution in [0.4, 0.5) is 4.79 Å². The number of aliphatic carboxylic acids is 1. The monoisotopic (exact) mass is 288 g/mol. The second-order valence-corrected chi connectivity index (χ2v) is 5.94. The van der Waals surface area contributed by atoms with Crippen LogP contribution in [-0.4, -0.2) is 35.2 Å². The number of amides is 2. The van der Waals surface area contributed by atoms with Crippen molar-refractivity contribution in [3.05, 3.63) is 22.4 Å². The smallest absolute Gasteiger partial charge is 0.331 e. The van der Waals surface area contributed by atoms with Gasteiger partial charge in [0.15, 0.2) is 6.04 Å². The fourth-order valence-electron chi connectivity index (χ4n) is 1.21. The molecule has 18 heavy (non-hydrogen) atoms. The molecule has 1 aromatic heterocycles. The van der Waals surface area contributed by atoms with Crippen LogP contribution < -0.4 is 10.6 Å². The first-order valence-corrected chi connectivity index (χ1v) is 7.54. The van der Waals surface area contributed by atoms with Crippen LogP contribution in [0.25, 0.3) is 0 Å². The molecule has 0 aromatic carbocycles. The minimum absolute atomic E-state index is 0.292.